The molecule has 2 unspecified atom stereocenters. The van der Waals surface area contributed by atoms with Crippen LogP contribution in [0.15, 0.2) is 18.2 Å². The molecule has 1 aromatic carbocycles. The Labute approximate surface area is 114 Å². The van der Waals surface area contributed by atoms with Crippen LogP contribution in [-0.4, -0.2) is 47.7 Å². The van der Waals surface area contributed by atoms with Gasteiger partial charge in [-0.15, -0.1) is 0 Å². The van der Waals surface area contributed by atoms with Crippen molar-refractivity contribution >= 4 is 17.6 Å². The summed E-state index contributed by atoms with van der Waals surface area (Å²) in [4.78, 5) is 24.7. The summed E-state index contributed by atoms with van der Waals surface area (Å²) in [6, 6.07) is 2.44. The van der Waals surface area contributed by atoms with Crippen molar-refractivity contribution in [3.05, 3.63) is 29.6 Å². The molecule has 3 N–H and O–H groups in total. The van der Waals surface area contributed by atoms with Gasteiger partial charge in [0.25, 0.3) is 5.91 Å². The number of rotatable bonds is 3. The maximum atomic E-state index is 13.2. The largest absolute Gasteiger partial charge is 0.480 e. The normalized spacial score (nSPS) is 22.0. The van der Waals surface area contributed by atoms with Gasteiger partial charge in [-0.3, -0.25) is 4.79 Å². The van der Waals surface area contributed by atoms with Gasteiger partial charge in [-0.1, -0.05) is 0 Å². The summed E-state index contributed by atoms with van der Waals surface area (Å²) in [5.41, 5.74) is 5.73. The van der Waals surface area contributed by atoms with Gasteiger partial charge in [0.05, 0.1) is 11.7 Å². The van der Waals surface area contributed by atoms with Gasteiger partial charge in [0.2, 0.25) is 0 Å². The van der Waals surface area contributed by atoms with Crippen LogP contribution in [0.5, 0.6) is 0 Å². The number of nitrogen functional groups attached to an aromatic ring is 1. The Morgan fingerprint density at radius 2 is 2.20 bits per heavy atom. The summed E-state index contributed by atoms with van der Waals surface area (Å²) < 4.78 is 18.3. The van der Waals surface area contributed by atoms with E-state index < -0.39 is 23.7 Å². The maximum Gasteiger partial charge on any atom is 0.326 e. The van der Waals surface area contributed by atoms with Crippen molar-refractivity contribution in [1.82, 2.24) is 4.90 Å². The first kappa shape index (κ1) is 14.3. The molecule has 0 bridgehead atoms. The summed E-state index contributed by atoms with van der Waals surface area (Å²) in [5, 5.41) is 9.16. The smallest absolute Gasteiger partial charge is 0.326 e. The van der Waals surface area contributed by atoms with Crippen LogP contribution in [0.2, 0.25) is 0 Å². The molecule has 1 saturated heterocycles. The Kier molecular flexibility index (Phi) is 3.89. The minimum Gasteiger partial charge on any atom is -0.480 e. The number of amides is 1. The summed E-state index contributed by atoms with van der Waals surface area (Å²) in [6.07, 6.45) is -0.151. The van der Waals surface area contributed by atoms with Gasteiger partial charge in [0.15, 0.2) is 0 Å². The van der Waals surface area contributed by atoms with E-state index in [1.807, 2.05) is 0 Å². The van der Waals surface area contributed by atoms with E-state index in [4.69, 9.17) is 15.6 Å². The standard InChI is InChI=1S/C13H15FN2O4/c1-20-8-5-11(13(18)19)16(6-8)12(17)9-4-7(14)2-3-10(9)15/h2-4,8,11H,5-6,15H2,1H3,(H,18,19). The predicted octanol–water partition coefficient (Wildman–Crippen LogP) is 0.722. The Bertz CT molecular complexity index is 549. The van der Waals surface area contributed by atoms with E-state index in [9.17, 15) is 14.0 Å². The minimum absolute atomic E-state index is 0.0343. The summed E-state index contributed by atoms with van der Waals surface area (Å²) in [6.45, 7) is 0.141. The average Bonchev–Trinajstić information content (AvgIpc) is 2.85. The van der Waals surface area contributed by atoms with Gasteiger partial charge in [0.1, 0.15) is 11.9 Å². The number of aliphatic carboxylic acids is 1. The molecule has 1 aromatic rings. The van der Waals surface area contributed by atoms with Crippen molar-refractivity contribution in [2.24, 2.45) is 0 Å². The zero-order valence-electron chi connectivity index (χ0n) is 10.9. The van der Waals surface area contributed by atoms with Crippen molar-refractivity contribution in [3.63, 3.8) is 0 Å². The van der Waals surface area contributed by atoms with Gasteiger partial charge in [-0.25, -0.2) is 9.18 Å². The highest BCUT2D eigenvalue weighted by Gasteiger charge is 2.40. The molecule has 0 radical (unpaired) electrons. The van der Waals surface area contributed by atoms with Crippen LogP contribution in [0.4, 0.5) is 10.1 Å². The van der Waals surface area contributed by atoms with E-state index in [1.54, 1.807) is 0 Å². The van der Waals surface area contributed by atoms with Crippen LogP contribution in [0.25, 0.3) is 0 Å². The number of benzene rings is 1. The fraction of sp³-hybridized carbons (Fsp3) is 0.385. The molecule has 6 nitrogen and oxygen atoms in total. The number of hydrogen-bond acceptors (Lipinski definition) is 4. The van der Waals surface area contributed by atoms with E-state index in [1.165, 1.54) is 13.2 Å². The lowest BCUT2D eigenvalue weighted by atomic mass is 10.1. The number of nitrogens with zero attached hydrogens (tertiary/aromatic N) is 1. The zero-order valence-corrected chi connectivity index (χ0v) is 10.9. The fourth-order valence-corrected chi connectivity index (χ4v) is 2.30. The number of methoxy groups -OCH3 is 1. The number of nitrogens with two attached hydrogens (primary N) is 1. The number of carbonyl (C=O) groups excluding carboxylic acids is 1. The van der Waals surface area contributed by atoms with Gasteiger partial charge in [-0.05, 0) is 18.2 Å². The number of hydrogen-bond donors (Lipinski definition) is 2. The molecule has 0 aromatic heterocycles. The van der Waals surface area contributed by atoms with Gasteiger partial charge < -0.3 is 20.5 Å². The van der Waals surface area contributed by atoms with Crippen molar-refractivity contribution in [1.29, 1.82) is 0 Å². The lowest BCUT2D eigenvalue weighted by Crippen LogP contribution is -2.40. The number of carboxylic acid groups (broad SMARTS) is 1. The lowest BCUT2D eigenvalue weighted by Gasteiger charge is -2.22. The van der Waals surface area contributed by atoms with Crippen LogP contribution in [0, 0.1) is 5.82 Å². The highest BCUT2D eigenvalue weighted by atomic mass is 19.1. The molecule has 2 rings (SSSR count). The highest BCUT2D eigenvalue weighted by Crippen LogP contribution is 2.25. The maximum absolute atomic E-state index is 13.2. The molecule has 1 aliphatic rings. The first-order valence-electron chi connectivity index (χ1n) is 6.05. The molecule has 108 valence electrons. The summed E-state index contributed by atoms with van der Waals surface area (Å²) in [7, 11) is 1.45. The molecule has 2 atom stereocenters. The van der Waals surface area contributed by atoms with Crippen molar-refractivity contribution in [3.8, 4) is 0 Å². The molecular formula is C13H15FN2O4. The second-order valence-electron chi connectivity index (χ2n) is 4.64. The number of halogens is 1. The number of likely N-dealkylation sites (tertiary alicyclic amines) is 1. The third-order valence-electron chi connectivity index (χ3n) is 3.39. The van der Waals surface area contributed by atoms with E-state index in [0.717, 1.165) is 17.0 Å². The molecular weight excluding hydrogens is 267 g/mol. The van der Waals surface area contributed by atoms with Crippen molar-refractivity contribution < 1.29 is 23.8 Å². The molecule has 1 aliphatic heterocycles. The Morgan fingerprint density at radius 3 is 2.80 bits per heavy atom. The number of ether oxygens (including phenoxy) is 1. The fourth-order valence-electron chi connectivity index (χ4n) is 2.30. The average molecular weight is 282 g/mol. The molecule has 0 aliphatic carbocycles. The topological polar surface area (TPSA) is 92.9 Å². The number of carboxylic acids is 1. The van der Waals surface area contributed by atoms with Crippen LogP contribution in [0.1, 0.15) is 16.8 Å². The van der Waals surface area contributed by atoms with Gasteiger partial charge in [0, 0.05) is 25.8 Å². The quantitative estimate of drug-likeness (QED) is 0.797. The molecule has 0 spiro atoms. The Hall–Kier alpha value is -2.15. The monoisotopic (exact) mass is 282 g/mol. The zero-order chi connectivity index (χ0) is 14.9. The van der Waals surface area contributed by atoms with E-state index in [-0.39, 0.29) is 30.3 Å². The third kappa shape index (κ3) is 2.57. The SMILES string of the molecule is COC1CC(C(=O)O)N(C(=O)c2cc(F)ccc2N)C1. The van der Waals surface area contributed by atoms with E-state index in [2.05, 4.69) is 0 Å². The minimum atomic E-state index is -1.12. The second kappa shape index (κ2) is 5.46. The number of carbonyl (C=O) groups is 2. The van der Waals surface area contributed by atoms with Crippen LogP contribution < -0.4 is 5.73 Å². The lowest BCUT2D eigenvalue weighted by molar-refractivity contribution is -0.141. The molecule has 1 amide bonds. The first-order chi connectivity index (χ1) is 9.43. The van der Waals surface area contributed by atoms with Gasteiger partial charge >= 0.3 is 5.97 Å². The highest BCUT2D eigenvalue weighted by molar-refractivity contribution is 6.01. The van der Waals surface area contributed by atoms with Crippen LogP contribution in [0.3, 0.4) is 0 Å². The van der Waals surface area contributed by atoms with Crippen LogP contribution >= 0.6 is 0 Å². The predicted molar refractivity (Wildman–Crippen MR) is 68.7 cm³/mol. The van der Waals surface area contributed by atoms with E-state index >= 15 is 0 Å². The molecule has 7 heteroatoms. The third-order valence-corrected chi connectivity index (χ3v) is 3.39. The second-order valence-corrected chi connectivity index (χ2v) is 4.64. The Morgan fingerprint density at radius 1 is 1.50 bits per heavy atom. The van der Waals surface area contributed by atoms with E-state index in [0.29, 0.717) is 0 Å². The molecule has 0 saturated carbocycles. The summed E-state index contributed by atoms with van der Waals surface area (Å²) in [5.74, 6) is -2.32. The van der Waals surface area contributed by atoms with Crippen molar-refractivity contribution in [2.45, 2.75) is 18.6 Å². The molecule has 20 heavy (non-hydrogen) atoms. The first-order valence-corrected chi connectivity index (χ1v) is 6.05. The molecule has 1 fully saturated rings. The Balaban J connectivity index is 2.31. The number of anilines is 1. The molecule has 1 heterocycles. The van der Waals surface area contributed by atoms with Crippen LogP contribution in [-0.2, 0) is 9.53 Å². The van der Waals surface area contributed by atoms with Crippen molar-refractivity contribution in [2.75, 3.05) is 19.4 Å². The van der Waals surface area contributed by atoms with Gasteiger partial charge in [-0.2, -0.15) is 0 Å². The summed E-state index contributed by atoms with van der Waals surface area (Å²) >= 11 is 0.